The van der Waals surface area contributed by atoms with E-state index in [0.717, 1.165) is 48.2 Å². The van der Waals surface area contributed by atoms with Gasteiger partial charge in [0.2, 0.25) is 5.91 Å². The first-order valence-electron chi connectivity index (χ1n) is 16.2. The van der Waals surface area contributed by atoms with E-state index in [4.69, 9.17) is 9.47 Å². The van der Waals surface area contributed by atoms with Crippen molar-refractivity contribution in [2.24, 2.45) is 5.92 Å². The van der Waals surface area contributed by atoms with Crippen LogP contribution >= 0.6 is 0 Å². The lowest BCUT2D eigenvalue weighted by atomic mass is 9.95. The fourth-order valence-electron chi connectivity index (χ4n) is 7.89. The van der Waals surface area contributed by atoms with Crippen LogP contribution in [-0.2, 0) is 16.0 Å². The zero-order chi connectivity index (χ0) is 31.7. The number of hydrogen-bond acceptors (Lipinski definition) is 5. The Morgan fingerprint density at radius 3 is 2.58 bits per heavy atom. The molecule has 0 aliphatic carbocycles. The second kappa shape index (κ2) is 13.0. The predicted molar refractivity (Wildman–Crippen MR) is 180 cm³/mol. The molecule has 2 N–H and O–H groups in total. The van der Waals surface area contributed by atoms with Gasteiger partial charge >= 0.3 is 0 Å². The second-order valence-electron chi connectivity index (χ2n) is 13.3. The molecule has 0 saturated carbocycles. The SMILES string of the molecule is COc1ccc([Si](C)(C)[C@@H]2[C@@H](C)[C@@H](CCc3cccc(-n4[nH]c5ccccc5c4=O)c3)O[C@H]2CC(=O)N2CCC[C@H]2CO)cc1. The molecule has 2 fully saturated rings. The van der Waals surface area contributed by atoms with Gasteiger partial charge in [-0.25, -0.2) is 4.68 Å². The summed E-state index contributed by atoms with van der Waals surface area (Å²) in [6, 6.07) is 24.0. The van der Waals surface area contributed by atoms with Gasteiger partial charge in [-0.3, -0.25) is 14.7 Å². The van der Waals surface area contributed by atoms with Gasteiger partial charge in [0.1, 0.15) is 5.75 Å². The summed E-state index contributed by atoms with van der Waals surface area (Å²) in [4.78, 5) is 28.6. The average molecular weight is 628 g/mol. The molecule has 1 aromatic heterocycles. The molecule has 3 aromatic carbocycles. The molecule has 5 atom stereocenters. The number of aliphatic hydroxyl groups excluding tert-OH is 1. The number of aromatic nitrogens is 2. The molecule has 1 amide bonds. The molecule has 2 aliphatic heterocycles. The van der Waals surface area contributed by atoms with Crippen molar-refractivity contribution in [2.75, 3.05) is 20.3 Å². The number of para-hydroxylation sites is 1. The third-order valence-corrected chi connectivity index (χ3v) is 14.7. The van der Waals surface area contributed by atoms with Crippen molar-refractivity contribution in [3.8, 4) is 11.4 Å². The largest absolute Gasteiger partial charge is 0.497 e. The number of carbonyl (C=O) groups excluding carboxylic acids is 1. The lowest BCUT2D eigenvalue weighted by Crippen LogP contribution is -2.51. The topological polar surface area (TPSA) is 96.8 Å². The van der Waals surface area contributed by atoms with Crippen LogP contribution in [0.4, 0.5) is 0 Å². The quantitative estimate of drug-likeness (QED) is 0.241. The maximum atomic E-state index is 13.6. The number of likely N-dealkylation sites (tertiary alicyclic amines) is 1. The number of ether oxygens (including phenoxy) is 2. The highest BCUT2D eigenvalue weighted by Gasteiger charge is 2.51. The number of hydrogen-bond donors (Lipinski definition) is 2. The van der Waals surface area contributed by atoms with Gasteiger partial charge in [0, 0.05) is 6.54 Å². The van der Waals surface area contributed by atoms with E-state index < -0.39 is 8.07 Å². The fraction of sp³-hybridized carbons (Fsp3) is 0.444. The Morgan fingerprint density at radius 2 is 1.84 bits per heavy atom. The van der Waals surface area contributed by atoms with Crippen LogP contribution in [0.25, 0.3) is 16.6 Å². The number of aromatic amines is 1. The van der Waals surface area contributed by atoms with E-state index in [1.165, 1.54) is 5.19 Å². The number of nitrogens with zero attached hydrogens (tertiary/aromatic N) is 2. The van der Waals surface area contributed by atoms with Crippen LogP contribution in [0.1, 0.15) is 38.2 Å². The van der Waals surface area contributed by atoms with E-state index in [1.54, 1.807) is 11.8 Å². The highest BCUT2D eigenvalue weighted by atomic mass is 28.3. The molecular formula is C36H45N3O5Si. The van der Waals surface area contributed by atoms with Crippen LogP contribution < -0.4 is 15.5 Å². The lowest BCUT2D eigenvalue weighted by Gasteiger charge is -2.36. The number of fused-ring (bicyclic) bond motifs is 1. The number of methoxy groups -OCH3 is 1. The first kappa shape index (κ1) is 31.3. The third kappa shape index (κ3) is 6.13. The summed E-state index contributed by atoms with van der Waals surface area (Å²) in [5, 5.41) is 15.1. The van der Waals surface area contributed by atoms with Gasteiger partial charge in [0.15, 0.2) is 0 Å². The van der Waals surface area contributed by atoms with Gasteiger partial charge in [-0.15, -0.1) is 0 Å². The zero-order valence-corrected chi connectivity index (χ0v) is 27.7. The number of aliphatic hydroxyl groups is 1. The minimum atomic E-state index is -2.11. The lowest BCUT2D eigenvalue weighted by molar-refractivity contribution is -0.135. The Balaban J connectivity index is 1.23. The first-order chi connectivity index (χ1) is 21.7. The molecule has 238 valence electrons. The summed E-state index contributed by atoms with van der Waals surface area (Å²) in [6.07, 6.45) is 3.57. The summed E-state index contributed by atoms with van der Waals surface area (Å²) in [5.74, 6) is 1.19. The molecule has 0 spiro atoms. The fourth-order valence-corrected chi connectivity index (χ4v) is 12.0. The Kier molecular flexibility index (Phi) is 9.04. The number of amides is 1. The molecule has 2 saturated heterocycles. The number of rotatable bonds is 10. The molecule has 2 aliphatic rings. The Bertz CT molecular complexity index is 1700. The normalized spacial score (nSPS) is 23.6. The van der Waals surface area contributed by atoms with Crippen LogP contribution in [0.3, 0.4) is 0 Å². The van der Waals surface area contributed by atoms with Crippen LogP contribution in [0, 0.1) is 5.92 Å². The van der Waals surface area contributed by atoms with Crippen molar-refractivity contribution in [3.63, 3.8) is 0 Å². The third-order valence-electron chi connectivity index (χ3n) is 10.3. The van der Waals surface area contributed by atoms with E-state index in [9.17, 15) is 14.7 Å². The molecule has 0 bridgehead atoms. The highest BCUT2D eigenvalue weighted by Crippen LogP contribution is 2.46. The van der Waals surface area contributed by atoms with Crippen molar-refractivity contribution in [2.45, 2.75) is 75.9 Å². The minimum Gasteiger partial charge on any atom is -0.497 e. The standard InChI is InChI=1S/C36H45N3O5Si/c1-24-32(19-14-25-9-7-10-26(21-25)39-36(42)30-12-5-6-13-31(30)37-39)44-33(22-34(41)38-20-8-11-27(38)23-40)35(24)45(3,4)29-17-15-28(43-2)16-18-29/h5-7,9-10,12-13,15-18,21,24,27,32-33,35,37,40H,8,11,14,19-20,22-23H2,1-4H3/t24-,27-,32+,33-,35+/m0/s1. The van der Waals surface area contributed by atoms with Gasteiger partial charge in [-0.05, 0) is 79.1 Å². The number of aryl methyl sites for hydroxylation is 1. The Morgan fingerprint density at radius 1 is 1.07 bits per heavy atom. The number of carbonyl (C=O) groups is 1. The number of benzene rings is 3. The summed E-state index contributed by atoms with van der Waals surface area (Å²) >= 11 is 0. The van der Waals surface area contributed by atoms with E-state index >= 15 is 0 Å². The molecule has 0 radical (unpaired) electrons. The first-order valence-corrected chi connectivity index (χ1v) is 19.3. The predicted octanol–water partition coefficient (Wildman–Crippen LogP) is 5.02. The van der Waals surface area contributed by atoms with Crippen LogP contribution in [0.2, 0.25) is 18.6 Å². The number of H-pyrrole nitrogens is 1. The molecular weight excluding hydrogens is 582 g/mol. The molecule has 45 heavy (non-hydrogen) atoms. The van der Waals surface area contributed by atoms with E-state index in [2.05, 4.69) is 49.4 Å². The number of nitrogens with one attached hydrogen (secondary N) is 1. The maximum Gasteiger partial charge on any atom is 0.279 e. The molecule has 6 rings (SSSR count). The van der Waals surface area contributed by atoms with Gasteiger partial charge in [0.05, 0.1) is 63.1 Å². The molecule has 0 unspecified atom stereocenters. The monoisotopic (exact) mass is 627 g/mol. The Hall–Kier alpha value is -3.66. The maximum absolute atomic E-state index is 13.6. The Labute approximate surface area is 266 Å². The van der Waals surface area contributed by atoms with Crippen molar-refractivity contribution in [1.29, 1.82) is 0 Å². The van der Waals surface area contributed by atoms with Gasteiger partial charge < -0.3 is 19.5 Å². The summed E-state index contributed by atoms with van der Waals surface area (Å²) in [7, 11) is -0.425. The summed E-state index contributed by atoms with van der Waals surface area (Å²) in [6.45, 7) is 7.80. The summed E-state index contributed by atoms with van der Waals surface area (Å²) in [5.41, 5.74) is 2.95. The zero-order valence-electron chi connectivity index (χ0n) is 26.7. The van der Waals surface area contributed by atoms with Crippen molar-refractivity contribution >= 4 is 30.1 Å². The van der Waals surface area contributed by atoms with Crippen LogP contribution in [0.15, 0.2) is 77.6 Å². The van der Waals surface area contributed by atoms with Crippen molar-refractivity contribution in [1.82, 2.24) is 14.7 Å². The van der Waals surface area contributed by atoms with Gasteiger partial charge in [-0.2, -0.15) is 0 Å². The van der Waals surface area contributed by atoms with Crippen LogP contribution in [-0.4, -0.2) is 72.3 Å². The van der Waals surface area contributed by atoms with Gasteiger partial charge in [-0.1, -0.05) is 61.6 Å². The van der Waals surface area contributed by atoms with Gasteiger partial charge in [0.25, 0.3) is 5.56 Å². The molecule has 4 aromatic rings. The molecule has 9 heteroatoms. The highest BCUT2D eigenvalue weighted by molar-refractivity contribution is 6.91. The summed E-state index contributed by atoms with van der Waals surface area (Å²) < 4.78 is 13.9. The van der Waals surface area contributed by atoms with E-state index in [-0.39, 0.29) is 47.8 Å². The van der Waals surface area contributed by atoms with Crippen LogP contribution in [0.5, 0.6) is 5.75 Å². The minimum absolute atomic E-state index is 0.00416. The second-order valence-corrected chi connectivity index (χ2v) is 18.0. The molecule has 3 heterocycles. The van der Waals surface area contributed by atoms with Crippen molar-refractivity contribution in [3.05, 3.63) is 88.7 Å². The smallest absolute Gasteiger partial charge is 0.279 e. The van der Waals surface area contributed by atoms with E-state index in [0.29, 0.717) is 18.4 Å². The average Bonchev–Trinajstić information content (AvgIpc) is 3.76. The van der Waals surface area contributed by atoms with Crippen molar-refractivity contribution < 1.29 is 19.4 Å². The molecule has 8 nitrogen and oxygen atoms in total. The van der Waals surface area contributed by atoms with E-state index in [1.807, 2.05) is 53.4 Å².